The van der Waals surface area contributed by atoms with Gasteiger partial charge in [0, 0.05) is 29.2 Å². The molecule has 0 aliphatic heterocycles. The zero-order chi connectivity index (χ0) is 17.9. The molecule has 7 heteroatoms. The molecule has 0 fully saturated rings. The molecule has 0 spiro atoms. The van der Waals surface area contributed by atoms with E-state index in [0.29, 0.717) is 12.8 Å². The lowest BCUT2D eigenvalue weighted by atomic mass is 10.3. The second kappa shape index (κ2) is 7.86. The van der Waals surface area contributed by atoms with E-state index >= 15 is 0 Å². The van der Waals surface area contributed by atoms with Crippen LogP contribution in [0.15, 0.2) is 58.3 Å². The molecule has 0 aliphatic carbocycles. The summed E-state index contributed by atoms with van der Waals surface area (Å²) in [4.78, 5) is 2.39. The molecule has 1 heterocycles. The predicted octanol–water partition coefficient (Wildman–Crippen LogP) is 4.32. The predicted molar refractivity (Wildman–Crippen MR) is 103 cm³/mol. The molecule has 0 bridgehead atoms. The van der Waals surface area contributed by atoms with E-state index in [9.17, 15) is 8.42 Å². The summed E-state index contributed by atoms with van der Waals surface area (Å²) in [7, 11) is -3.87. The highest BCUT2D eigenvalue weighted by atomic mass is 32.2. The van der Waals surface area contributed by atoms with Gasteiger partial charge in [-0.1, -0.05) is 41.3 Å². The van der Waals surface area contributed by atoms with E-state index in [2.05, 4.69) is 41.8 Å². The molecule has 132 valence electrons. The molecule has 3 rings (SSSR count). The van der Waals surface area contributed by atoms with Crippen molar-refractivity contribution in [3.63, 3.8) is 0 Å². The third kappa shape index (κ3) is 5.04. The number of hydrogen-bond acceptors (Lipinski definition) is 4. The van der Waals surface area contributed by atoms with Crippen LogP contribution in [-0.2, 0) is 16.7 Å². The Bertz CT molecular complexity index is 966. The molecule has 1 aromatic heterocycles. The lowest BCUT2D eigenvalue weighted by Crippen LogP contribution is -2.35. The summed E-state index contributed by atoms with van der Waals surface area (Å²) in [6, 6.07) is 16.7. The summed E-state index contributed by atoms with van der Waals surface area (Å²) in [5.74, 6) is -0.177. The Hall–Kier alpha value is -1.41. The van der Waals surface area contributed by atoms with Crippen LogP contribution in [0.3, 0.4) is 0 Å². The largest absolute Gasteiger partial charge is 0.286 e. The quantitative estimate of drug-likeness (QED) is 0.368. The Morgan fingerprint density at radius 1 is 1.08 bits per heavy atom. The van der Waals surface area contributed by atoms with Crippen LogP contribution < -0.4 is 4.57 Å². The van der Waals surface area contributed by atoms with Crippen LogP contribution in [0.4, 0.5) is 0 Å². The summed E-state index contributed by atoms with van der Waals surface area (Å²) >= 11 is 3.47. The van der Waals surface area contributed by atoms with Crippen molar-refractivity contribution in [3.05, 3.63) is 53.5 Å². The van der Waals surface area contributed by atoms with E-state index in [1.165, 1.54) is 25.0 Å². The molecule has 0 aliphatic rings. The van der Waals surface area contributed by atoms with Crippen LogP contribution in [0.5, 0.6) is 0 Å². The fourth-order valence-electron chi connectivity index (χ4n) is 2.70. The van der Waals surface area contributed by atoms with E-state index in [-0.39, 0.29) is 5.75 Å². The summed E-state index contributed by atoms with van der Waals surface area (Å²) in [6.07, 6.45) is 1.17. The maximum Gasteiger partial charge on any atom is 0.264 e. The van der Waals surface area contributed by atoms with Crippen molar-refractivity contribution in [1.82, 2.24) is 0 Å². The minimum Gasteiger partial charge on any atom is -0.286 e. The number of unbranched alkanes of at least 4 members (excludes halogenated alkanes) is 1. The van der Waals surface area contributed by atoms with E-state index in [4.69, 9.17) is 4.55 Å². The summed E-state index contributed by atoms with van der Waals surface area (Å²) in [5, 5.41) is 1.20. The van der Waals surface area contributed by atoms with Gasteiger partial charge in [-0.3, -0.25) is 4.55 Å². The molecule has 3 aromatic rings. The van der Waals surface area contributed by atoms with Crippen molar-refractivity contribution >= 4 is 43.4 Å². The Labute approximate surface area is 156 Å². The van der Waals surface area contributed by atoms with Gasteiger partial charge >= 0.3 is 0 Å². The van der Waals surface area contributed by atoms with Crippen molar-refractivity contribution in [1.29, 1.82) is 0 Å². The Morgan fingerprint density at radius 3 is 2.56 bits per heavy atom. The zero-order valence-electron chi connectivity index (χ0n) is 13.9. The minimum absolute atomic E-state index is 0.177. The molecule has 2 aromatic carbocycles. The lowest BCUT2D eigenvalue weighted by molar-refractivity contribution is -0.673. The number of thiazole rings is 1. The Morgan fingerprint density at radius 2 is 1.84 bits per heavy atom. The van der Waals surface area contributed by atoms with Gasteiger partial charge in [0.15, 0.2) is 0 Å². The van der Waals surface area contributed by atoms with Crippen LogP contribution in [0.2, 0.25) is 0 Å². The lowest BCUT2D eigenvalue weighted by Gasteiger charge is -2.01. The Balaban J connectivity index is 1.78. The number of aromatic nitrogens is 1. The van der Waals surface area contributed by atoms with Crippen molar-refractivity contribution in [2.75, 3.05) is 5.75 Å². The third-order valence-corrected chi connectivity index (χ3v) is 6.75. The molecule has 25 heavy (non-hydrogen) atoms. The monoisotopic (exact) mass is 394 g/mol. The van der Waals surface area contributed by atoms with E-state index < -0.39 is 10.1 Å². The van der Waals surface area contributed by atoms with Gasteiger partial charge in [-0.25, -0.2) is 0 Å². The fourth-order valence-corrected chi connectivity index (χ4v) is 5.17. The SMILES string of the molecule is Cc1sc2ccc(Sc3ccccc3)cc2[n+]1CCCCS(=O)(=O)O. The van der Waals surface area contributed by atoms with Crippen molar-refractivity contribution < 1.29 is 17.5 Å². The topological polar surface area (TPSA) is 58.2 Å². The molecule has 4 nitrogen and oxygen atoms in total. The molecule has 1 N–H and O–H groups in total. The van der Waals surface area contributed by atoms with Crippen molar-refractivity contribution in [2.24, 2.45) is 0 Å². The van der Waals surface area contributed by atoms with E-state index in [1.807, 2.05) is 18.2 Å². The summed E-state index contributed by atoms with van der Waals surface area (Å²) in [6.45, 7) is 2.83. The first-order chi connectivity index (χ1) is 11.9. The first-order valence-electron chi connectivity index (χ1n) is 8.03. The van der Waals surface area contributed by atoms with Crippen molar-refractivity contribution in [2.45, 2.75) is 36.1 Å². The number of rotatable bonds is 7. The average Bonchev–Trinajstić information content (AvgIpc) is 2.87. The van der Waals surface area contributed by atoms with E-state index in [1.54, 1.807) is 23.1 Å². The minimum atomic E-state index is -3.87. The van der Waals surface area contributed by atoms with Gasteiger partial charge < -0.3 is 0 Å². The standard InChI is InChI=1S/C18H19NO3S3/c1-14-19(11-5-6-12-25(20,21)22)17-13-16(9-10-18(17)23-14)24-15-7-3-2-4-8-15/h2-4,7-10,13H,5-6,11-12H2,1H3/p+1. The smallest absolute Gasteiger partial charge is 0.264 e. The van der Waals surface area contributed by atoms with Gasteiger partial charge in [0.25, 0.3) is 10.1 Å². The molecule has 0 unspecified atom stereocenters. The van der Waals surface area contributed by atoms with Crippen LogP contribution in [0, 0.1) is 6.92 Å². The molecule has 0 saturated heterocycles. The zero-order valence-corrected chi connectivity index (χ0v) is 16.3. The van der Waals surface area contributed by atoms with Crippen LogP contribution in [-0.4, -0.2) is 18.7 Å². The van der Waals surface area contributed by atoms with Crippen molar-refractivity contribution in [3.8, 4) is 0 Å². The van der Waals surface area contributed by atoms with Crippen LogP contribution in [0.25, 0.3) is 10.2 Å². The Kier molecular flexibility index (Phi) is 5.78. The van der Waals surface area contributed by atoms with Gasteiger partial charge in [-0.05, 0) is 30.7 Å². The first-order valence-corrected chi connectivity index (χ1v) is 11.3. The van der Waals surface area contributed by atoms with Gasteiger partial charge in [0.05, 0.1) is 5.75 Å². The summed E-state index contributed by atoms with van der Waals surface area (Å²) in [5.41, 5.74) is 1.18. The molecule has 0 saturated carbocycles. The maximum absolute atomic E-state index is 10.8. The van der Waals surface area contributed by atoms with Gasteiger partial charge in [-0.2, -0.15) is 13.0 Å². The summed E-state index contributed by atoms with van der Waals surface area (Å²) < 4.78 is 34.0. The molecule has 0 atom stereocenters. The second-order valence-corrected chi connectivity index (χ2v) is 9.76. The fraction of sp³-hybridized carbons (Fsp3) is 0.278. The number of fused-ring (bicyclic) bond motifs is 1. The maximum atomic E-state index is 10.8. The molecular weight excluding hydrogens is 374 g/mol. The van der Waals surface area contributed by atoms with Gasteiger partial charge in [-0.15, -0.1) is 0 Å². The highest BCUT2D eigenvalue weighted by Gasteiger charge is 2.18. The first kappa shape index (κ1) is 18.4. The van der Waals surface area contributed by atoms with Crippen LogP contribution in [0.1, 0.15) is 17.8 Å². The molecule has 0 radical (unpaired) electrons. The van der Waals surface area contributed by atoms with Gasteiger partial charge in [0.2, 0.25) is 10.5 Å². The molecule has 0 amide bonds. The number of benzene rings is 2. The number of aryl methyl sites for hydroxylation is 2. The van der Waals surface area contributed by atoms with E-state index in [0.717, 1.165) is 6.54 Å². The average molecular weight is 395 g/mol. The van der Waals surface area contributed by atoms with Crippen LogP contribution >= 0.6 is 23.1 Å². The highest BCUT2D eigenvalue weighted by molar-refractivity contribution is 7.99. The van der Waals surface area contributed by atoms with Gasteiger partial charge in [0.1, 0.15) is 11.2 Å². The normalized spacial score (nSPS) is 11.9. The number of nitrogens with zero attached hydrogens (tertiary/aromatic N) is 1. The second-order valence-electron chi connectivity index (χ2n) is 5.81. The highest BCUT2D eigenvalue weighted by Crippen LogP contribution is 2.31. The number of hydrogen-bond donors (Lipinski definition) is 1. The third-order valence-electron chi connectivity index (χ3n) is 3.87. The molecular formula is C18H20NO3S3+.